The monoisotopic (exact) mass is 249 g/mol. The average Bonchev–Trinajstić information content (AvgIpc) is 2.41. The van der Waals surface area contributed by atoms with Gasteiger partial charge >= 0.3 is 0 Å². The van der Waals surface area contributed by atoms with Crippen LogP contribution in [0.5, 0.6) is 0 Å². The highest BCUT2D eigenvalue weighted by Crippen LogP contribution is 2.05. The SMILES string of the molecule is O=C(CNCc1cccnc1)NC1CCOCC1. The highest BCUT2D eigenvalue weighted by atomic mass is 16.5. The number of aromatic nitrogens is 1. The summed E-state index contributed by atoms with van der Waals surface area (Å²) in [7, 11) is 0. The van der Waals surface area contributed by atoms with Crippen LogP contribution in [0.1, 0.15) is 18.4 Å². The van der Waals surface area contributed by atoms with E-state index in [9.17, 15) is 4.79 Å². The number of carbonyl (C=O) groups is 1. The van der Waals surface area contributed by atoms with Gasteiger partial charge < -0.3 is 15.4 Å². The van der Waals surface area contributed by atoms with Crippen LogP contribution in [0.4, 0.5) is 0 Å². The number of carbonyl (C=O) groups excluding carboxylic acids is 1. The lowest BCUT2D eigenvalue weighted by Gasteiger charge is -2.23. The van der Waals surface area contributed by atoms with E-state index < -0.39 is 0 Å². The molecule has 2 N–H and O–H groups in total. The molecule has 0 saturated carbocycles. The molecule has 1 aliphatic rings. The molecule has 1 aromatic rings. The Morgan fingerprint density at radius 3 is 3.00 bits per heavy atom. The molecule has 1 aliphatic heterocycles. The molecule has 0 bridgehead atoms. The minimum absolute atomic E-state index is 0.0470. The normalized spacial score (nSPS) is 16.4. The number of hydrogen-bond donors (Lipinski definition) is 2. The molecule has 1 aromatic heterocycles. The quantitative estimate of drug-likeness (QED) is 0.796. The van der Waals surface area contributed by atoms with Crippen LogP contribution >= 0.6 is 0 Å². The summed E-state index contributed by atoms with van der Waals surface area (Å²) in [5.41, 5.74) is 1.08. The van der Waals surface area contributed by atoms with Gasteiger partial charge in [-0.25, -0.2) is 0 Å². The van der Waals surface area contributed by atoms with E-state index in [1.54, 1.807) is 12.4 Å². The predicted octanol–water partition coefficient (Wildman–Crippen LogP) is 0.466. The Hall–Kier alpha value is -1.46. The van der Waals surface area contributed by atoms with E-state index in [4.69, 9.17) is 4.74 Å². The van der Waals surface area contributed by atoms with Gasteiger partial charge in [-0.15, -0.1) is 0 Å². The van der Waals surface area contributed by atoms with E-state index in [-0.39, 0.29) is 11.9 Å². The third-order valence-corrected chi connectivity index (χ3v) is 2.92. The molecule has 5 nitrogen and oxygen atoms in total. The van der Waals surface area contributed by atoms with Gasteiger partial charge in [0.05, 0.1) is 6.54 Å². The van der Waals surface area contributed by atoms with Gasteiger partial charge in [0.25, 0.3) is 0 Å². The van der Waals surface area contributed by atoms with E-state index in [1.165, 1.54) is 0 Å². The third-order valence-electron chi connectivity index (χ3n) is 2.92. The minimum Gasteiger partial charge on any atom is -0.381 e. The van der Waals surface area contributed by atoms with Crippen molar-refractivity contribution >= 4 is 5.91 Å². The van der Waals surface area contributed by atoms with Crippen LogP contribution in [0.15, 0.2) is 24.5 Å². The standard InChI is InChI=1S/C13H19N3O2/c17-13(16-12-3-6-18-7-4-12)10-15-9-11-2-1-5-14-8-11/h1-2,5,8,12,15H,3-4,6-7,9-10H2,(H,16,17). The second-order valence-electron chi connectivity index (χ2n) is 4.42. The number of amides is 1. The van der Waals surface area contributed by atoms with Crippen LogP contribution in [-0.4, -0.2) is 36.7 Å². The van der Waals surface area contributed by atoms with Crippen LogP contribution in [0, 0.1) is 0 Å². The van der Waals surface area contributed by atoms with Gasteiger partial charge in [0, 0.05) is 38.2 Å². The average molecular weight is 249 g/mol. The molecule has 0 unspecified atom stereocenters. The van der Waals surface area contributed by atoms with Gasteiger partial charge in [-0.2, -0.15) is 0 Å². The number of ether oxygens (including phenoxy) is 1. The van der Waals surface area contributed by atoms with Crippen molar-refractivity contribution in [3.8, 4) is 0 Å². The van der Waals surface area contributed by atoms with Crippen molar-refractivity contribution in [2.45, 2.75) is 25.4 Å². The fourth-order valence-corrected chi connectivity index (χ4v) is 1.94. The lowest BCUT2D eigenvalue weighted by molar-refractivity contribution is -0.121. The minimum atomic E-state index is 0.0470. The van der Waals surface area contributed by atoms with Crippen LogP contribution < -0.4 is 10.6 Å². The first-order valence-corrected chi connectivity index (χ1v) is 6.31. The van der Waals surface area contributed by atoms with E-state index in [1.807, 2.05) is 12.1 Å². The molecule has 0 spiro atoms. The highest BCUT2D eigenvalue weighted by molar-refractivity contribution is 5.78. The number of rotatable bonds is 5. The number of nitrogens with one attached hydrogen (secondary N) is 2. The molecule has 0 atom stereocenters. The van der Waals surface area contributed by atoms with Crippen molar-refractivity contribution in [1.29, 1.82) is 0 Å². The summed E-state index contributed by atoms with van der Waals surface area (Å²) in [6.07, 6.45) is 5.35. The zero-order chi connectivity index (χ0) is 12.6. The van der Waals surface area contributed by atoms with Gasteiger partial charge in [0.1, 0.15) is 0 Å². The lowest BCUT2D eigenvalue weighted by atomic mass is 10.1. The van der Waals surface area contributed by atoms with Crippen molar-refractivity contribution in [3.05, 3.63) is 30.1 Å². The van der Waals surface area contributed by atoms with Crippen LogP contribution in [0.2, 0.25) is 0 Å². The second kappa shape index (κ2) is 7.08. The second-order valence-corrected chi connectivity index (χ2v) is 4.42. The largest absolute Gasteiger partial charge is 0.381 e. The fourth-order valence-electron chi connectivity index (χ4n) is 1.94. The summed E-state index contributed by atoms with van der Waals surface area (Å²) in [4.78, 5) is 15.7. The molecule has 5 heteroatoms. The third kappa shape index (κ3) is 4.43. The highest BCUT2D eigenvalue weighted by Gasteiger charge is 2.15. The van der Waals surface area contributed by atoms with Gasteiger partial charge in [0.2, 0.25) is 5.91 Å². The van der Waals surface area contributed by atoms with E-state index in [0.29, 0.717) is 13.1 Å². The van der Waals surface area contributed by atoms with Gasteiger partial charge in [-0.3, -0.25) is 9.78 Å². The Bertz CT molecular complexity index is 364. The Kier molecular flexibility index (Phi) is 5.11. The molecule has 2 heterocycles. The zero-order valence-electron chi connectivity index (χ0n) is 10.4. The van der Waals surface area contributed by atoms with Crippen molar-refractivity contribution in [2.24, 2.45) is 0 Å². The molecule has 2 rings (SSSR count). The maximum Gasteiger partial charge on any atom is 0.234 e. The summed E-state index contributed by atoms with van der Waals surface area (Å²) >= 11 is 0. The molecule has 1 saturated heterocycles. The van der Waals surface area contributed by atoms with Gasteiger partial charge in [0.15, 0.2) is 0 Å². The topological polar surface area (TPSA) is 63.2 Å². The van der Waals surface area contributed by atoms with Crippen LogP contribution in [0.3, 0.4) is 0 Å². The number of hydrogen-bond acceptors (Lipinski definition) is 4. The molecular formula is C13H19N3O2. The molecule has 1 fully saturated rings. The van der Waals surface area contributed by atoms with Gasteiger partial charge in [-0.1, -0.05) is 6.07 Å². The van der Waals surface area contributed by atoms with Crippen LogP contribution in [-0.2, 0) is 16.1 Å². The molecule has 98 valence electrons. The molecule has 0 aromatic carbocycles. The maximum absolute atomic E-state index is 11.7. The summed E-state index contributed by atoms with van der Waals surface area (Å²) in [5, 5.41) is 6.12. The van der Waals surface area contributed by atoms with Crippen molar-refractivity contribution < 1.29 is 9.53 Å². The molecule has 0 radical (unpaired) electrons. The molecular weight excluding hydrogens is 230 g/mol. The van der Waals surface area contributed by atoms with Gasteiger partial charge in [-0.05, 0) is 24.5 Å². The van der Waals surface area contributed by atoms with Crippen molar-refractivity contribution in [2.75, 3.05) is 19.8 Å². The number of nitrogens with zero attached hydrogens (tertiary/aromatic N) is 1. The first kappa shape index (κ1) is 13.0. The van der Waals surface area contributed by atoms with Crippen molar-refractivity contribution in [1.82, 2.24) is 15.6 Å². The number of pyridine rings is 1. The van der Waals surface area contributed by atoms with E-state index in [0.717, 1.165) is 31.6 Å². The summed E-state index contributed by atoms with van der Waals surface area (Å²) < 4.78 is 5.25. The molecule has 1 amide bonds. The first-order chi connectivity index (χ1) is 8.84. The smallest absolute Gasteiger partial charge is 0.234 e. The summed E-state index contributed by atoms with van der Waals surface area (Å²) in [6.45, 7) is 2.49. The molecule has 0 aliphatic carbocycles. The predicted molar refractivity (Wildman–Crippen MR) is 67.9 cm³/mol. The fraction of sp³-hybridized carbons (Fsp3) is 0.538. The zero-order valence-corrected chi connectivity index (χ0v) is 10.4. The molecule has 18 heavy (non-hydrogen) atoms. The summed E-state index contributed by atoms with van der Waals surface area (Å²) in [6, 6.07) is 4.14. The van der Waals surface area contributed by atoms with E-state index >= 15 is 0 Å². The summed E-state index contributed by atoms with van der Waals surface area (Å²) in [5.74, 6) is 0.0470. The van der Waals surface area contributed by atoms with E-state index in [2.05, 4.69) is 15.6 Å². The van der Waals surface area contributed by atoms with Crippen LogP contribution in [0.25, 0.3) is 0 Å². The Morgan fingerprint density at radius 2 is 2.28 bits per heavy atom. The Balaban J connectivity index is 1.62. The first-order valence-electron chi connectivity index (χ1n) is 6.31. The Morgan fingerprint density at radius 1 is 1.44 bits per heavy atom. The maximum atomic E-state index is 11.7. The van der Waals surface area contributed by atoms with Crippen molar-refractivity contribution in [3.63, 3.8) is 0 Å². The Labute approximate surface area is 107 Å². The lowest BCUT2D eigenvalue weighted by Crippen LogP contribution is -2.42.